The Hall–Kier alpha value is -3.72. The zero-order chi connectivity index (χ0) is 23.6. The van der Waals surface area contributed by atoms with Crippen LogP contribution in [-0.4, -0.2) is 36.1 Å². The minimum atomic E-state index is -1.37. The highest BCUT2D eigenvalue weighted by Crippen LogP contribution is 2.31. The van der Waals surface area contributed by atoms with E-state index in [0.717, 1.165) is 11.1 Å². The minimum absolute atomic E-state index is 0.00319. The standard InChI is InChI=1S/C23H22N2O6S/c1-12-6-5-7-17(13(12)2)25-21(27)16(20(26)24-23(25)32)10-15-8-9-18(19(11-15)30-4)31-14(3)22(28)29/h5-11,14H,1-4H3,(H,28,29)(H,24,26,32)/p-1/b16-10-/t14-/m0/s1. The first-order valence-corrected chi connectivity index (χ1v) is 10.1. The molecule has 1 N–H and O–H groups in total. The number of amides is 2. The highest BCUT2D eigenvalue weighted by atomic mass is 32.1. The Morgan fingerprint density at radius 2 is 1.91 bits per heavy atom. The Kier molecular flexibility index (Phi) is 6.59. The van der Waals surface area contributed by atoms with Crippen LogP contribution in [0.3, 0.4) is 0 Å². The van der Waals surface area contributed by atoms with Crippen molar-refractivity contribution in [3.05, 3.63) is 58.7 Å². The van der Waals surface area contributed by atoms with Crippen molar-refractivity contribution in [3.8, 4) is 11.5 Å². The normalized spacial score (nSPS) is 16.1. The summed E-state index contributed by atoms with van der Waals surface area (Å²) in [7, 11) is 1.39. The molecule has 1 aliphatic rings. The molecule has 0 radical (unpaired) electrons. The molecule has 1 heterocycles. The second-order valence-electron chi connectivity index (χ2n) is 7.17. The lowest BCUT2D eigenvalue weighted by atomic mass is 10.0. The number of carbonyl (C=O) groups is 3. The van der Waals surface area contributed by atoms with Crippen molar-refractivity contribution in [1.29, 1.82) is 0 Å². The van der Waals surface area contributed by atoms with Gasteiger partial charge >= 0.3 is 0 Å². The van der Waals surface area contributed by atoms with Crippen LogP contribution in [0, 0.1) is 13.8 Å². The second-order valence-corrected chi connectivity index (χ2v) is 7.55. The maximum atomic E-state index is 13.2. The summed E-state index contributed by atoms with van der Waals surface area (Å²) in [6, 6.07) is 10.1. The molecule has 2 aromatic rings. The molecular formula is C23H21N2O6S-. The van der Waals surface area contributed by atoms with Crippen LogP contribution < -0.4 is 24.8 Å². The molecule has 1 fully saturated rings. The first kappa shape index (κ1) is 23.0. The monoisotopic (exact) mass is 453 g/mol. The van der Waals surface area contributed by atoms with Gasteiger partial charge < -0.3 is 19.4 Å². The van der Waals surface area contributed by atoms with Gasteiger partial charge in [-0.1, -0.05) is 18.2 Å². The average Bonchev–Trinajstić information content (AvgIpc) is 2.74. The highest BCUT2D eigenvalue weighted by molar-refractivity contribution is 7.80. The molecule has 0 saturated carbocycles. The van der Waals surface area contributed by atoms with Crippen molar-refractivity contribution < 1.29 is 29.0 Å². The number of nitrogens with one attached hydrogen (secondary N) is 1. The van der Waals surface area contributed by atoms with E-state index in [1.54, 1.807) is 12.1 Å². The molecule has 0 spiro atoms. The van der Waals surface area contributed by atoms with E-state index in [0.29, 0.717) is 11.3 Å². The van der Waals surface area contributed by atoms with Crippen molar-refractivity contribution in [2.24, 2.45) is 0 Å². The smallest absolute Gasteiger partial charge is 0.270 e. The molecule has 1 aliphatic heterocycles. The van der Waals surface area contributed by atoms with E-state index in [9.17, 15) is 19.5 Å². The Labute approximate surface area is 190 Å². The van der Waals surface area contributed by atoms with Gasteiger partial charge in [-0.25, -0.2) is 0 Å². The molecule has 1 atom stereocenters. The van der Waals surface area contributed by atoms with Crippen LogP contribution in [0.5, 0.6) is 11.5 Å². The third-order valence-electron chi connectivity index (χ3n) is 5.05. The Morgan fingerprint density at radius 1 is 1.19 bits per heavy atom. The Balaban J connectivity index is 1.99. The fourth-order valence-corrected chi connectivity index (χ4v) is 3.40. The van der Waals surface area contributed by atoms with Crippen LogP contribution in [0.4, 0.5) is 5.69 Å². The topological polar surface area (TPSA) is 108 Å². The number of aryl methyl sites for hydroxylation is 1. The lowest BCUT2D eigenvalue weighted by Crippen LogP contribution is -2.54. The van der Waals surface area contributed by atoms with E-state index in [4.69, 9.17) is 21.7 Å². The van der Waals surface area contributed by atoms with Crippen molar-refractivity contribution in [2.45, 2.75) is 26.9 Å². The van der Waals surface area contributed by atoms with Crippen LogP contribution in [0.2, 0.25) is 0 Å². The SMILES string of the molecule is COc1cc(/C=C2/C(=O)NC(=S)N(c3cccc(C)c3C)C2=O)ccc1O[C@@H](C)C(=O)[O-]. The maximum Gasteiger partial charge on any atom is 0.270 e. The first-order valence-electron chi connectivity index (χ1n) is 9.67. The quantitative estimate of drug-likeness (QED) is 0.403. The molecule has 9 heteroatoms. The number of carbonyl (C=O) groups excluding carboxylic acids is 3. The van der Waals surface area contributed by atoms with Gasteiger partial charge in [0.2, 0.25) is 0 Å². The van der Waals surface area contributed by atoms with Gasteiger partial charge in [0.25, 0.3) is 11.8 Å². The van der Waals surface area contributed by atoms with Crippen LogP contribution in [0.15, 0.2) is 42.0 Å². The van der Waals surface area contributed by atoms with E-state index in [1.165, 1.54) is 37.1 Å². The number of hydrogen-bond donors (Lipinski definition) is 1. The predicted octanol–water partition coefficient (Wildman–Crippen LogP) is 1.66. The highest BCUT2D eigenvalue weighted by Gasteiger charge is 2.35. The van der Waals surface area contributed by atoms with Crippen LogP contribution >= 0.6 is 12.2 Å². The summed E-state index contributed by atoms with van der Waals surface area (Å²) >= 11 is 5.26. The lowest BCUT2D eigenvalue weighted by molar-refractivity contribution is -0.312. The number of anilines is 1. The fraction of sp³-hybridized carbons (Fsp3) is 0.217. The van der Waals surface area contributed by atoms with Crippen molar-refractivity contribution >= 4 is 46.9 Å². The number of hydrogen-bond acceptors (Lipinski definition) is 7. The third-order valence-corrected chi connectivity index (χ3v) is 5.34. The maximum absolute atomic E-state index is 13.2. The van der Waals surface area contributed by atoms with E-state index in [-0.39, 0.29) is 22.2 Å². The molecule has 2 aromatic carbocycles. The van der Waals surface area contributed by atoms with Gasteiger partial charge in [-0.3, -0.25) is 19.8 Å². The number of carboxylic acids is 1. The molecule has 166 valence electrons. The molecule has 8 nitrogen and oxygen atoms in total. The second kappa shape index (κ2) is 9.19. The number of methoxy groups -OCH3 is 1. The molecule has 0 aliphatic carbocycles. The van der Waals surface area contributed by atoms with Gasteiger partial charge in [0, 0.05) is 0 Å². The summed E-state index contributed by atoms with van der Waals surface area (Å²) in [4.78, 5) is 38.0. The molecule has 0 aromatic heterocycles. The zero-order valence-electron chi connectivity index (χ0n) is 17.9. The van der Waals surface area contributed by atoms with Gasteiger partial charge in [-0.15, -0.1) is 0 Å². The van der Waals surface area contributed by atoms with Crippen LogP contribution in [0.1, 0.15) is 23.6 Å². The molecule has 0 unspecified atom stereocenters. The molecule has 1 saturated heterocycles. The number of nitrogens with zero attached hydrogens (tertiary/aromatic N) is 1. The van der Waals surface area contributed by atoms with E-state index >= 15 is 0 Å². The van der Waals surface area contributed by atoms with E-state index < -0.39 is 23.9 Å². The van der Waals surface area contributed by atoms with E-state index in [1.807, 2.05) is 26.0 Å². The largest absolute Gasteiger partial charge is 0.546 e. The molecule has 3 rings (SSSR count). The Morgan fingerprint density at radius 3 is 2.56 bits per heavy atom. The lowest BCUT2D eigenvalue weighted by Gasteiger charge is -2.30. The number of thiocarbonyl (C=S) groups is 1. The molecule has 2 amide bonds. The third kappa shape index (κ3) is 4.47. The van der Waals surface area contributed by atoms with Gasteiger partial charge in [-0.2, -0.15) is 0 Å². The van der Waals surface area contributed by atoms with Crippen LogP contribution in [0.25, 0.3) is 6.08 Å². The van der Waals surface area contributed by atoms with Gasteiger partial charge in [0.1, 0.15) is 11.7 Å². The molecule has 0 bridgehead atoms. The summed E-state index contributed by atoms with van der Waals surface area (Å²) in [5.41, 5.74) is 2.79. The summed E-state index contributed by atoms with van der Waals surface area (Å²) in [6.45, 7) is 5.13. The first-order chi connectivity index (χ1) is 15.1. The van der Waals surface area contributed by atoms with Gasteiger partial charge in [0.15, 0.2) is 16.6 Å². The Bertz CT molecular complexity index is 1160. The molecule has 32 heavy (non-hydrogen) atoms. The number of benzene rings is 2. The number of aliphatic carboxylic acids is 1. The van der Waals surface area contributed by atoms with Crippen molar-refractivity contribution in [1.82, 2.24) is 5.32 Å². The van der Waals surface area contributed by atoms with E-state index in [2.05, 4.69) is 5.32 Å². The average molecular weight is 453 g/mol. The minimum Gasteiger partial charge on any atom is -0.546 e. The van der Waals surface area contributed by atoms with Gasteiger partial charge in [0.05, 0.1) is 18.8 Å². The summed E-state index contributed by atoms with van der Waals surface area (Å²) < 4.78 is 10.6. The summed E-state index contributed by atoms with van der Waals surface area (Å²) in [6.07, 6.45) is 0.220. The summed E-state index contributed by atoms with van der Waals surface area (Å²) in [5, 5.41) is 13.5. The molecular weight excluding hydrogens is 432 g/mol. The van der Waals surface area contributed by atoms with Crippen molar-refractivity contribution in [3.63, 3.8) is 0 Å². The van der Waals surface area contributed by atoms with Crippen molar-refractivity contribution in [2.75, 3.05) is 12.0 Å². The summed E-state index contributed by atoms with van der Waals surface area (Å²) in [5.74, 6) is -2.13. The number of rotatable bonds is 6. The zero-order valence-corrected chi connectivity index (χ0v) is 18.7. The fourth-order valence-electron chi connectivity index (χ4n) is 3.13. The van der Waals surface area contributed by atoms with Gasteiger partial charge in [-0.05, 0) is 74.0 Å². The number of ether oxygens (including phenoxy) is 2. The van der Waals surface area contributed by atoms with Crippen LogP contribution in [-0.2, 0) is 14.4 Å². The predicted molar refractivity (Wildman–Crippen MR) is 120 cm³/mol. The number of carboxylic acid groups (broad SMARTS) is 1.